The van der Waals surface area contributed by atoms with Crippen LogP contribution >= 0.6 is 23.2 Å². The summed E-state index contributed by atoms with van der Waals surface area (Å²) in [6, 6.07) is 8.43. The Kier molecular flexibility index (Phi) is 4.49. The molecule has 0 aliphatic carbocycles. The van der Waals surface area contributed by atoms with Crippen LogP contribution in [-0.2, 0) is 0 Å². The maximum atomic E-state index is 11.9. The number of amides is 1. The largest absolute Gasteiger partial charge is 0.274 e. The fourth-order valence-corrected chi connectivity index (χ4v) is 1.96. The van der Waals surface area contributed by atoms with Gasteiger partial charge >= 0.3 is 0 Å². The molecule has 1 amide bonds. The molecule has 6 heteroatoms. The highest BCUT2D eigenvalue weighted by molar-refractivity contribution is 6.39. The minimum atomic E-state index is -0.462. The second-order valence-electron chi connectivity index (χ2n) is 3.58. The number of pyridine rings is 1. The Morgan fingerprint density at radius 1 is 1.21 bits per heavy atom. The topological polar surface area (TPSA) is 54.4 Å². The summed E-state index contributed by atoms with van der Waals surface area (Å²) in [5.74, 6) is -0.462. The van der Waals surface area contributed by atoms with Gasteiger partial charge in [-0.25, -0.2) is 5.43 Å². The van der Waals surface area contributed by atoms with Gasteiger partial charge in [0, 0.05) is 18.0 Å². The highest BCUT2D eigenvalue weighted by atomic mass is 35.5. The number of carbonyl (C=O) groups is 1. The van der Waals surface area contributed by atoms with Crippen molar-refractivity contribution in [3.63, 3.8) is 0 Å². The van der Waals surface area contributed by atoms with E-state index in [0.29, 0.717) is 0 Å². The summed E-state index contributed by atoms with van der Waals surface area (Å²) in [6.45, 7) is 0. The number of hydrogen-bond acceptors (Lipinski definition) is 3. The van der Waals surface area contributed by atoms with Crippen molar-refractivity contribution in [2.24, 2.45) is 5.10 Å². The van der Waals surface area contributed by atoms with E-state index in [1.54, 1.807) is 36.7 Å². The van der Waals surface area contributed by atoms with Gasteiger partial charge in [-0.1, -0.05) is 35.3 Å². The maximum Gasteiger partial charge on any atom is 0.274 e. The molecule has 0 unspecified atom stereocenters. The molecular weight excluding hydrogens is 285 g/mol. The molecule has 0 spiro atoms. The van der Waals surface area contributed by atoms with Crippen molar-refractivity contribution in [3.8, 4) is 0 Å². The molecular formula is C13H9Cl2N3O. The summed E-state index contributed by atoms with van der Waals surface area (Å²) in [5.41, 5.74) is 3.34. The third kappa shape index (κ3) is 3.53. The van der Waals surface area contributed by atoms with E-state index in [1.807, 2.05) is 6.07 Å². The van der Waals surface area contributed by atoms with Crippen LogP contribution in [0.25, 0.3) is 0 Å². The third-order valence-corrected chi connectivity index (χ3v) is 2.88. The zero-order valence-electron chi connectivity index (χ0n) is 9.68. The molecule has 0 fully saturated rings. The van der Waals surface area contributed by atoms with Crippen LogP contribution < -0.4 is 5.43 Å². The predicted molar refractivity (Wildman–Crippen MR) is 75.8 cm³/mol. The Morgan fingerprint density at radius 3 is 2.58 bits per heavy atom. The second-order valence-corrected chi connectivity index (χ2v) is 4.40. The van der Waals surface area contributed by atoms with Gasteiger partial charge < -0.3 is 0 Å². The Labute approximate surface area is 120 Å². The summed E-state index contributed by atoms with van der Waals surface area (Å²) < 4.78 is 0. The number of benzene rings is 1. The number of hydrazone groups is 1. The molecule has 1 aromatic heterocycles. The van der Waals surface area contributed by atoms with E-state index in [-0.39, 0.29) is 15.6 Å². The quantitative estimate of drug-likeness (QED) is 0.698. The summed E-state index contributed by atoms with van der Waals surface area (Å²) in [5, 5.41) is 4.38. The number of halogens is 2. The number of nitrogens with zero attached hydrogens (tertiary/aromatic N) is 2. The van der Waals surface area contributed by atoms with Crippen LogP contribution in [0.1, 0.15) is 15.9 Å². The number of aromatic nitrogens is 1. The molecule has 0 aliphatic rings. The minimum absolute atomic E-state index is 0.203. The van der Waals surface area contributed by atoms with Gasteiger partial charge in [0.25, 0.3) is 5.91 Å². The van der Waals surface area contributed by atoms with Crippen molar-refractivity contribution in [2.45, 2.75) is 0 Å². The third-order valence-electron chi connectivity index (χ3n) is 2.25. The monoisotopic (exact) mass is 293 g/mol. The number of nitrogens with one attached hydrogen (secondary N) is 1. The van der Waals surface area contributed by atoms with Crippen molar-refractivity contribution in [3.05, 3.63) is 63.9 Å². The van der Waals surface area contributed by atoms with Gasteiger partial charge in [-0.05, 0) is 18.2 Å². The van der Waals surface area contributed by atoms with Gasteiger partial charge in [0.1, 0.15) is 0 Å². The van der Waals surface area contributed by atoms with E-state index in [0.717, 1.165) is 5.56 Å². The summed E-state index contributed by atoms with van der Waals surface area (Å²) in [6.07, 6.45) is 4.76. The van der Waals surface area contributed by atoms with Gasteiger partial charge in [0.2, 0.25) is 0 Å². The van der Waals surface area contributed by atoms with Crippen LogP contribution in [0.15, 0.2) is 47.8 Å². The zero-order chi connectivity index (χ0) is 13.7. The molecule has 4 nitrogen and oxygen atoms in total. The van der Waals surface area contributed by atoms with Crippen LogP contribution in [0.5, 0.6) is 0 Å². The lowest BCUT2D eigenvalue weighted by Gasteiger charge is -2.04. The van der Waals surface area contributed by atoms with Crippen LogP contribution in [0.3, 0.4) is 0 Å². The zero-order valence-corrected chi connectivity index (χ0v) is 11.2. The normalized spacial score (nSPS) is 10.6. The first-order valence-electron chi connectivity index (χ1n) is 5.36. The van der Waals surface area contributed by atoms with Crippen LogP contribution in [0, 0.1) is 0 Å². The molecule has 96 valence electrons. The molecule has 0 atom stereocenters. The second kappa shape index (κ2) is 6.31. The standard InChI is InChI=1S/C13H9Cl2N3O/c14-10-4-1-5-11(15)12(10)13(19)18-17-8-9-3-2-6-16-7-9/h1-8H,(H,18,19)/b17-8-. The molecule has 0 aliphatic heterocycles. The number of carbonyl (C=O) groups excluding carboxylic acids is 1. The lowest BCUT2D eigenvalue weighted by Crippen LogP contribution is -2.18. The van der Waals surface area contributed by atoms with Crippen molar-refractivity contribution in [1.29, 1.82) is 0 Å². The number of hydrogen-bond donors (Lipinski definition) is 1. The molecule has 0 saturated carbocycles. The van der Waals surface area contributed by atoms with E-state index >= 15 is 0 Å². The SMILES string of the molecule is O=C(N/N=C\c1cccnc1)c1c(Cl)cccc1Cl. The lowest BCUT2D eigenvalue weighted by atomic mass is 10.2. The molecule has 2 aromatic rings. The smallest absolute Gasteiger partial charge is 0.267 e. The summed E-state index contributed by atoms with van der Waals surface area (Å²) >= 11 is 11.8. The van der Waals surface area contributed by atoms with E-state index in [1.165, 1.54) is 6.21 Å². The fraction of sp³-hybridized carbons (Fsp3) is 0. The first-order valence-corrected chi connectivity index (χ1v) is 6.11. The van der Waals surface area contributed by atoms with E-state index < -0.39 is 5.91 Å². The Hall–Kier alpha value is -1.91. The Balaban J connectivity index is 2.08. The number of rotatable bonds is 3. The molecule has 2 rings (SSSR count). The summed E-state index contributed by atoms with van der Waals surface area (Å²) in [4.78, 5) is 15.8. The van der Waals surface area contributed by atoms with Crippen molar-refractivity contribution < 1.29 is 4.79 Å². The fourth-order valence-electron chi connectivity index (χ4n) is 1.39. The predicted octanol–water partition coefficient (Wildman–Crippen LogP) is 3.15. The highest BCUT2D eigenvalue weighted by Crippen LogP contribution is 2.23. The van der Waals surface area contributed by atoms with Crippen molar-refractivity contribution in [2.75, 3.05) is 0 Å². The summed E-state index contributed by atoms with van der Waals surface area (Å²) in [7, 11) is 0. The maximum absolute atomic E-state index is 11.9. The van der Waals surface area contributed by atoms with Crippen LogP contribution in [0.2, 0.25) is 10.0 Å². The first-order chi connectivity index (χ1) is 9.18. The van der Waals surface area contributed by atoms with Gasteiger partial charge in [-0.3, -0.25) is 9.78 Å². The Morgan fingerprint density at radius 2 is 1.95 bits per heavy atom. The lowest BCUT2D eigenvalue weighted by molar-refractivity contribution is 0.0955. The van der Waals surface area contributed by atoms with Crippen molar-refractivity contribution in [1.82, 2.24) is 10.4 Å². The van der Waals surface area contributed by atoms with E-state index in [9.17, 15) is 4.79 Å². The highest BCUT2D eigenvalue weighted by Gasteiger charge is 2.13. The van der Waals surface area contributed by atoms with E-state index in [4.69, 9.17) is 23.2 Å². The molecule has 19 heavy (non-hydrogen) atoms. The molecule has 0 saturated heterocycles. The average Bonchev–Trinajstić information content (AvgIpc) is 2.40. The van der Waals surface area contributed by atoms with E-state index in [2.05, 4.69) is 15.5 Å². The van der Waals surface area contributed by atoms with Crippen LogP contribution in [-0.4, -0.2) is 17.1 Å². The average molecular weight is 294 g/mol. The first kappa shape index (κ1) is 13.5. The van der Waals surface area contributed by atoms with Gasteiger partial charge in [0.15, 0.2) is 0 Å². The van der Waals surface area contributed by atoms with Gasteiger partial charge in [-0.15, -0.1) is 0 Å². The van der Waals surface area contributed by atoms with Crippen molar-refractivity contribution >= 4 is 35.3 Å². The minimum Gasteiger partial charge on any atom is -0.267 e. The molecule has 1 N–H and O–H groups in total. The van der Waals surface area contributed by atoms with Gasteiger partial charge in [0.05, 0.1) is 21.8 Å². The molecule has 0 bridgehead atoms. The molecule has 1 heterocycles. The van der Waals surface area contributed by atoms with Crippen LogP contribution in [0.4, 0.5) is 0 Å². The van der Waals surface area contributed by atoms with Gasteiger partial charge in [-0.2, -0.15) is 5.10 Å². The molecule has 1 aromatic carbocycles. The Bertz CT molecular complexity index is 594. The molecule has 0 radical (unpaired) electrons.